The largest absolute Gasteiger partial charge is 0.373 e. The summed E-state index contributed by atoms with van der Waals surface area (Å²) in [5, 5.41) is 13.4. The molecule has 2 rings (SSSR count). The molecule has 0 aliphatic carbocycles. The van der Waals surface area contributed by atoms with Gasteiger partial charge in [-0.15, -0.1) is 0 Å². The molecule has 0 spiro atoms. The van der Waals surface area contributed by atoms with Crippen molar-refractivity contribution in [2.75, 3.05) is 25.0 Å². The minimum atomic E-state index is -0.725. The van der Waals surface area contributed by atoms with Crippen LogP contribution in [0.15, 0.2) is 18.2 Å². The van der Waals surface area contributed by atoms with Crippen LogP contribution in [0, 0.1) is 15.9 Å². The Morgan fingerprint density at radius 3 is 2.68 bits per heavy atom. The molecule has 2 atom stereocenters. The maximum absolute atomic E-state index is 13.1. The van der Waals surface area contributed by atoms with Crippen LogP contribution in [0.3, 0.4) is 0 Å². The molecule has 0 aromatic heterocycles. The number of halogens is 1. The SMILES string of the molecule is CC1CN(CC(=O)Nc2ccc(F)cc2[N+](=O)[O-])CC(C)O1. The first kappa shape index (κ1) is 16.3. The van der Waals surface area contributed by atoms with Gasteiger partial charge in [-0.1, -0.05) is 0 Å². The number of benzene rings is 1. The molecule has 1 fully saturated rings. The van der Waals surface area contributed by atoms with Gasteiger partial charge in [0, 0.05) is 13.1 Å². The van der Waals surface area contributed by atoms with E-state index in [0.29, 0.717) is 13.1 Å². The van der Waals surface area contributed by atoms with E-state index in [0.717, 1.165) is 12.1 Å². The van der Waals surface area contributed by atoms with Crippen LogP contribution in [0.4, 0.5) is 15.8 Å². The number of anilines is 1. The van der Waals surface area contributed by atoms with Gasteiger partial charge in [0.15, 0.2) is 0 Å². The van der Waals surface area contributed by atoms with Gasteiger partial charge in [-0.2, -0.15) is 0 Å². The van der Waals surface area contributed by atoms with E-state index in [1.807, 2.05) is 18.7 Å². The smallest absolute Gasteiger partial charge is 0.295 e. The fraction of sp³-hybridized carbons (Fsp3) is 0.500. The van der Waals surface area contributed by atoms with E-state index < -0.39 is 16.4 Å². The van der Waals surface area contributed by atoms with Crippen molar-refractivity contribution >= 4 is 17.3 Å². The van der Waals surface area contributed by atoms with Gasteiger partial charge in [0.1, 0.15) is 11.5 Å². The molecule has 7 nitrogen and oxygen atoms in total. The Kier molecular flexibility index (Phi) is 5.04. The Hall–Kier alpha value is -2.06. The van der Waals surface area contributed by atoms with Gasteiger partial charge in [0.25, 0.3) is 5.69 Å². The minimum Gasteiger partial charge on any atom is -0.373 e. The second-order valence-corrected chi connectivity index (χ2v) is 5.42. The van der Waals surface area contributed by atoms with Crippen molar-refractivity contribution in [2.45, 2.75) is 26.1 Å². The molecule has 1 aliphatic heterocycles. The Bertz CT molecular complexity index is 571. The Morgan fingerprint density at radius 2 is 2.09 bits per heavy atom. The van der Waals surface area contributed by atoms with E-state index in [-0.39, 0.29) is 30.3 Å². The van der Waals surface area contributed by atoms with Crippen molar-refractivity contribution in [2.24, 2.45) is 0 Å². The van der Waals surface area contributed by atoms with Crippen LogP contribution in [0.2, 0.25) is 0 Å². The van der Waals surface area contributed by atoms with Gasteiger partial charge < -0.3 is 10.1 Å². The first-order chi connectivity index (χ1) is 10.3. The topological polar surface area (TPSA) is 84.7 Å². The zero-order valence-electron chi connectivity index (χ0n) is 12.4. The highest BCUT2D eigenvalue weighted by Crippen LogP contribution is 2.25. The first-order valence-electron chi connectivity index (χ1n) is 6.96. The molecule has 1 N–H and O–H groups in total. The Morgan fingerprint density at radius 1 is 1.45 bits per heavy atom. The third kappa shape index (κ3) is 4.22. The molecule has 8 heteroatoms. The number of nitrogens with one attached hydrogen (secondary N) is 1. The summed E-state index contributed by atoms with van der Waals surface area (Å²) < 4.78 is 18.6. The summed E-state index contributed by atoms with van der Waals surface area (Å²) in [7, 11) is 0. The van der Waals surface area contributed by atoms with Gasteiger partial charge in [0.2, 0.25) is 5.91 Å². The minimum absolute atomic E-state index is 0.00856. The second-order valence-electron chi connectivity index (χ2n) is 5.42. The predicted molar refractivity (Wildman–Crippen MR) is 78.1 cm³/mol. The zero-order chi connectivity index (χ0) is 16.3. The lowest BCUT2D eigenvalue weighted by molar-refractivity contribution is -0.384. The maximum atomic E-state index is 13.1. The van der Waals surface area contributed by atoms with Gasteiger partial charge in [-0.25, -0.2) is 4.39 Å². The van der Waals surface area contributed by atoms with Crippen molar-refractivity contribution in [1.82, 2.24) is 4.90 Å². The third-order valence-electron chi connectivity index (χ3n) is 3.29. The summed E-state index contributed by atoms with van der Waals surface area (Å²) >= 11 is 0. The quantitative estimate of drug-likeness (QED) is 0.677. The van der Waals surface area contributed by atoms with E-state index in [4.69, 9.17) is 4.74 Å². The molecule has 0 saturated carbocycles. The average molecular weight is 311 g/mol. The van der Waals surface area contributed by atoms with Crippen molar-refractivity contribution in [1.29, 1.82) is 0 Å². The van der Waals surface area contributed by atoms with Crippen LogP contribution in [0.25, 0.3) is 0 Å². The molecule has 1 aromatic carbocycles. The number of nitrogens with zero attached hydrogens (tertiary/aromatic N) is 2. The van der Waals surface area contributed by atoms with E-state index in [1.165, 1.54) is 6.07 Å². The fourth-order valence-corrected chi connectivity index (χ4v) is 2.57. The second kappa shape index (κ2) is 6.80. The van der Waals surface area contributed by atoms with E-state index >= 15 is 0 Å². The van der Waals surface area contributed by atoms with Crippen LogP contribution in [-0.4, -0.2) is 47.6 Å². The highest BCUT2D eigenvalue weighted by Gasteiger charge is 2.24. The molecule has 120 valence electrons. The number of nitro groups is 1. The lowest BCUT2D eigenvalue weighted by Crippen LogP contribution is -2.48. The predicted octanol–water partition coefficient (Wildman–Crippen LogP) is 1.78. The molecule has 1 aliphatic rings. The van der Waals surface area contributed by atoms with Crippen molar-refractivity contribution < 1.29 is 18.8 Å². The van der Waals surface area contributed by atoms with E-state index in [9.17, 15) is 19.3 Å². The summed E-state index contributed by atoms with van der Waals surface area (Å²) in [5.41, 5.74) is -0.470. The van der Waals surface area contributed by atoms with Gasteiger partial charge in [-0.3, -0.25) is 19.8 Å². The van der Waals surface area contributed by atoms with Crippen molar-refractivity contribution in [3.8, 4) is 0 Å². The zero-order valence-corrected chi connectivity index (χ0v) is 12.4. The maximum Gasteiger partial charge on any atom is 0.295 e. The van der Waals surface area contributed by atoms with E-state index in [1.54, 1.807) is 0 Å². The molecule has 1 saturated heterocycles. The summed E-state index contributed by atoms with van der Waals surface area (Å²) in [6, 6.07) is 3.05. The van der Waals surface area contributed by atoms with Gasteiger partial charge in [-0.05, 0) is 26.0 Å². The number of nitro benzene ring substituents is 1. The van der Waals surface area contributed by atoms with Crippen LogP contribution >= 0.6 is 0 Å². The van der Waals surface area contributed by atoms with Crippen molar-refractivity contribution in [3.63, 3.8) is 0 Å². The number of amides is 1. The number of carbonyl (C=O) groups excluding carboxylic acids is 1. The van der Waals surface area contributed by atoms with Crippen LogP contribution in [0.5, 0.6) is 0 Å². The van der Waals surface area contributed by atoms with Gasteiger partial charge >= 0.3 is 0 Å². The fourth-order valence-electron chi connectivity index (χ4n) is 2.57. The summed E-state index contributed by atoms with van der Waals surface area (Å²) in [6.07, 6.45) is 0.0495. The van der Waals surface area contributed by atoms with Crippen LogP contribution in [0.1, 0.15) is 13.8 Å². The van der Waals surface area contributed by atoms with E-state index in [2.05, 4.69) is 5.32 Å². The summed E-state index contributed by atoms with van der Waals surface area (Å²) in [5.74, 6) is -1.10. The average Bonchev–Trinajstić information content (AvgIpc) is 2.39. The normalized spacial score (nSPS) is 22.3. The first-order valence-corrected chi connectivity index (χ1v) is 6.96. The number of hydrogen-bond acceptors (Lipinski definition) is 5. The van der Waals surface area contributed by atoms with Crippen molar-refractivity contribution in [3.05, 3.63) is 34.1 Å². The molecular formula is C14H18FN3O4. The monoisotopic (exact) mass is 311 g/mol. The van der Waals surface area contributed by atoms with Crippen LogP contribution < -0.4 is 5.32 Å². The standard InChI is InChI=1S/C14H18FN3O4/c1-9-6-17(7-10(2)22-9)8-14(19)16-12-4-3-11(15)5-13(12)18(20)21/h3-5,9-10H,6-8H2,1-2H3,(H,16,19). The number of hydrogen-bond donors (Lipinski definition) is 1. The molecule has 1 amide bonds. The highest BCUT2D eigenvalue weighted by atomic mass is 19.1. The lowest BCUT2D eigenvalue weighted by atomic mass is 10.2. The molecule has 0 bridgehead atoms. The number of morpholine rings is 1. The van der Waals surface area contributed by atoms with Gasteiger partial charge in [0.05, 0.1) is 29.7 Å². The summed E-state index contributed by atoms with van der Waals surface area (Å²) in [4.78, 5) is 24.1. The Labute approximate surface area is 127 Å². The molecule has 1 heterocycles. The Balaban J connectivity index is 2.02. The molecule has 1 aromatic rings. The number of rotatable bonds is 4. The lowest BCUT2D eigenvalue weighted by Gasteiger charge is -2.34. The number of carbonyl (C=O) groups is 1. The molecule has 2 unspecified atom stereocenters. The summed E-state index contributed by atoms with van der Waals surface area (Å²) in [6.45, 7) is 5.18. The number of ether oxygens (including phenoxy) is 1. The molecular weight excluding hydrogens is 293 g/mol. The van der Waals surface area contributed by atoms with Crippen LogP contribution in [-0.2, 0) is 9.53 Å². The molecule has 22 heavy (non-hydrogen) atoms. The highest BCUT2D eigenvalue weighted by molar-refractivity contribution is 5.94. The molecule has 0 radical (unpaired) electrons. The third-order valence-corrected chi connectivity index (χ3v) is 3.29.